The molecule has 3 aromatic rings. The standard InChI is InChI=1S/C26H22F3N3O5/c1-3-6-19-11-18(15-30-31-25(33)20-8-5-9-21(14-20)26(27,28)29)13-23(36-2)24(19)37-16-17-7-4-10-22(12-17)32(34)35/h3-5,7-15H,1,6,16H2,2H3,(H,31,33)/b30-15-. The number of rotatable bonds is 10. The van der Waals surface area contributed by atoms with Crippen LogP contribution in [0.3, 0.4) is 0 Å². The van der Waals surface area contributed by atoms with Gasteiger partial charge in [0.25, 0.3) is 11.6 Å². The lowest BCUT2D eigenvalue weighted by Gasteiger charge is -2.16. The number of nitrogens with zero attached hydrogens (tertiary/aromatic N) is 2. The predicted molar refractivity (Wildman–Crippen MR) is 131 cm³/mol. The van der Waals surface area contributed by atoms with Crippen molar-refractivity contribution < 1.29 is 32.4 Å². The molecular weight excluding hydrogens is 491 g/mol. The predicted octanol–water partition coefficient (Wildman–Crippen LogP) is 5.69. The number of amides is 1. The number of carbonyl (C=O) groups is 1. The number of non-ortho nitro benzene ring substituents is 1. The van der Waals surface area contributed by atoms with E-state index in [-0.39, 0.29) is 17.9 Å². The minimum atomic E-state index is -4.57. The number of hydrogen-bond acceptors (Lipinski definition) is 6. The Morgan fingerprint density at radius 1 is 1.16 bits per heavy atom. The summed E-state index contributed by atoms with van der Waals surface area (Å²) in [4.78, 5) is 22.8. The number of halogens is 3. The Bertz CT molecular complexity index is 1340. The molecule has 0 bridgehead atoms. The topological polar surface area (TPSA) is 103 Å². The summed E-state index contributed by atoms with van der Waals surface area (Å²) in [6, 6.07) is 13.4. The fraction of sp³-hybridized carbons (Fsp3) is 0.154. The van der Waals surface area contributed by atoms with Crippen LogP contribution in [0, 0.1) is 10.1 Å². The van der Waals surface area contributed by atoms with Gasteiger partial charge >= 0.3 is 6.18 Å². The Hall–Kier alpha value is -4.67. The Balaban J connectivity index is 1.78. The summed E-state index contributed by atoms with van der Waals surface area (Å²) in [6.07, 6.45) is -1.23. The van der Waals surface area contributed by atoms with Crippen LogP contribution in [-0.4, -0.2) is 24.2 Å². The van der Waals surface area contributed by atoms with Gasteiger partial charge in [-0.1, -0.05) is 24.3 Å². The highest BCUT2D eigenvalue weighted by atomic mass is 19.4. The third kappa shape index (κ3) is 7.17. The number of allylic oxidation sites excluding steroid dienone is 1. The number of nitrogens with one attached hydrogen (secondary N) is 1. The SMILES string of the molecule is C=CCc1cc(/C=N\NC(=O)c2cccc(C(F)(F)F)c2)cc(OC)c1OCc1cccc([N+](=O)[O-])c1. The molecule has 1 amide bonds. The number of alkyl halides is 3. The third-order valence-corrected chi connectivity index (χ3v) is 5.07. The van der Waals surface area contributed by atoms with Crippen molar-refractivity contribution in [3.05, 3.63) is 111 Å². The molecule has 1 N–H and O–H groups in total. The molecule has 192 valence electrons. The van der Waals surface area contributed by atoms with Gasteiger partial charge < -0.3 is 9.47 Å². The Morgan fingerprint density at radius 3 is 2.59 bits per heavy atom. The summed E-state index contributed by atoms with van der Waals surface area (Å²) in [5, 5.41) is 14.9. The van der Waals surface area contributed by atoms with Crippen LogP contribution in [0.4, 0.5) is 18.9 Å². The van der Waals surface area contributed by atoms with Gasteiger partial charge in [0.15, 0.2) is 11.5 Å². The van der Waals surface area contributed by atoms with Gasteiger partial charge in [-0.05, 0) is 47.9 Å². The van der Waals surface area contributed by atoms with Gasteiger partial charge in [0.1, 0.15) is 6.61 Å². The van der Waals surface area contributed by atoms with Crippen molar-refractivity contribution in [2.75, 3.05) is 7.11 Å². The van der Waals surface area contributed by atoms with Crippen molar-refractivity contribution in [1.82, 2.24) is 5.43 Å². The number of carbonyl (C=O) groups excluding carboxylic acids is 1. The molecule has 0 atom stereocenters. The summed E-state index contributed by atoms with van der Waals surface area (Å²) in [5.74, 6) is -0.0629. The minimum absolute atomic E-state index is 0.0443. The second-order valence-corrected chi connectivity index (χ2v) is 7.70. The third-order valence-electron chi connectivity index (χ3n) is 5.07. The van der Waals surface area contributed by atoms with Gasteiger partial charge in [-0.3, -0.25) is 14.9 Å². The molecule has 0 spiro atoms. The van der Waals surface area contributed by atoms with Crippen LogP contribution in [-0.2, 0) is 19.2 Å². The second-order valence-electron chi connectivity index (χ2n) is 7.70. The maximum Gasteiger partial charge on any atom is 0.416 e. The normalized spacial score (nSPS) is 11.2. The smallest absolute Gasteiger partial charge is 0.416 e. The first-order valence-corrected chi connectivity index (χ1v) is 10.8. The lowest BCUT2D eigenvalue weighted by Crippen LogP contribution is -2.18. The van der Waals surface area contributed by atoms with Gasteiger partial charge in [-0.2, -0.15) is 18.3 Å². The molecule has 3 rings (SSSR count). The summed E-state index contributed by atoms with van der Waals surface area (Å²) >= 11 is 0. The molecule has 11 heteroatoms. The minimum Gasteiger partial charge on any atom is -0.493 e. The van der Waals surface area contributed by atoms with Gasteiger partial charge in [-0.25, -0.2) is 5.43 Å². The molecular formula is C26H22F3N3O5. The van der Waals surface area contributed by atoms with E-state index >= 15 is 0 Å². The van der Waals surface area contributed by atoms with Crippen LogP contribution in [0.25, 0.3) is 0 Å². The van der Waals surface area contributed by atoms with Crippen LogP contribution in [0.1, 0.15) is 32.6 Å². The van der Waals surface area contributed by atoms with E-state index in [1.807, 2.05) is 0 Å². The second kappa shape index (κ2) is 11.8. The van der Waals surface area contributed by atoms with Crippen molar-refractivity contribution in [3.63, 3.8) is 0 Å². The van der Waals surface area contributed by atoms with E-state index in [1.165, 1.54) is 31.5 Å². The fourth-order valence-electron chi connectivity index (χ4n) is 3.36. The molecule has 0 unspecified atom stereocenters. The zero-order chi connectivity index (χ0) is 27.0. The summed E-state index contributed by atoms with van der Waals surface area (Å²) in [5.41, 5.74) is 2.79. The average Bonchev–Trinajstić information content (AvgIpc) is 2.87. The van der Waals surface area contributed by atoms with Crippen LogP contribution >= 0.6 is 0 Å². The van der Waals surface area contributed by atoms with Crippen molar-refractivity contribution in [1.29, 1.82) is 0 Å². The molecule has 0 saturated carbocycles. The molecule has 0 aliphatic carbocycles. The maximum atomic E-state index is 12.9. The lowest BCUT2D eigenvalue weighted by atomic mass is 10.1. The molecule has 37 heavy (non-hydrogen) atoms. The van der Waals surface area contributed by atoms with Crippen molar-refractivity contribution in [2.24, 2.45) is 5.10 Å². The number of nitro benzene ring substituents is 1. The molecule has 0 radical (unpaired) electrons. The molecule has 0 heterocycles. The zero-order valence-corrected chi connectivity index (χ0v) is 19.6. The maximum absolute atomic E-state index is 12.9. The van der Waals surface area contributed by atoms with Crippen LogP contribution in [0.2, 0.25) is 0 Å². The van der Waals surface area contributed by atoms with Crippen molar-refractivity contribution in [2.45, 2.75) is 19.2 Å². The van der Waals surface area contributed by atoms with E-state index in [4.69, 9.17) is 9.47 Å². The van der Waals surface area contributed by atoms with E-state index in [2.05, 4.69) is 17.1 Å². The Kier molecular flexibility index (Phi) is 8.62. The fourth-order valence-corrected chi connectivity index (χ4v) is 3.36. The van der Waals surface area contributed by atoms with Gasteiger partial charge in [0.05, 0.1) is 23.8 Å². The van der Waals surface area contributed by atoms with E-state index in [0.29, 0.717) is 34.6 Å². The molecule has 8 nitrogen and oxygen atoms in total. The summed E-state index contributed by atoms with van der Waals surface area (Å²) in [6.45, 7) is 3.78. The molecule has 0 saturated heterocycles. The van der Waals surface area contributed by atoms with Crippen LogP contribution < -0.4 is 14.9 Å². The first kappa shape index (κ1) is 26.9. The molecule has 3 aromatic carbocycles. The van der Waals surface area contributed by atoms with E-state index < -0.39 is 22.6 Å². The summed E-state index contributed by atoms with van der Waals surface area (Å²) < 4.78 is 50.0. The highest BCUT2D eigenvalue weighted by Gasteiger charge is 2.30. The van der Waals surface area contributed by atoms with Crippen molar-refractivity contribution >= 4 is 17.8 Å². The lowest BCUT2D eigenvalue weighted by molar-refractivity contribution is -0.384. The quantitative estimate of drug-likeness (QED) is 0.162. The van der Waals surface area contributed by atoms with E-state index in [1.54, 1.807) is 30.3 Å². The number of hydrogen-bond donors (Lipinski definition) is 1. The number of methoxy groups -OCH3 is 1. The van der Waals surface area contributed by atoms with Gasteiger partial charge in [0.2, 0.25) is 0 Å². The van der Waals surface area contributed by atoms with Crippen LogP contribution in [0.5, 0.6) is 11.5 Å². The Labute approximate surface area is 210 Å². The first-order chi connectivity index (χ1) is 17.6. The molecule has 0 fully saturated rings. The zero-order valence-electron chi connectivity index (χ0n) is 19.6. The number of ether oxygens (including phenoxy) is 2. The highest BCUT2D eigenvalue weighted by molar-refractivity contribution is 5.95. The molecule has 0 aliphatic heterocycles. The van der Waals surface area contributed by atoms with E-state index in [0.717, 1.165) is 18.2 Å². The van der Waals surface area contributed by atoms with Crippen molar-refractivity contribution in [3.8, 4) is 11.5 Å². The number of benzene rings is 3. The Morgan fingerprint density at radius 2 is 1.92 bits per heavy atom. The first-order valence-electron chi connectivity index (χ1n) is 10.8. The number of hydrazone groups is 1. The largest absolute Gasteiger partial charge is 0.493 e. The van der Waals surface area contributed by atoms with E-state index in [9.17, 15) is 28.1 Å². The van der Waals surface area contributed by atoms with Gasteiger partial charge in [0, 0.05) is 23.3 Å². The molecule has 0 aliphatic rings. The number of nitro groups is 1. The average molecular weight is 513 g/mol. The van der Waals surface area contributed by atoms with Crippen LogP contribution in [0.15, 0.2) is 78.4 Å². The highest BCUT2D eigenvalue weighted by Crippen LogP contribution is 2.34. The molecule has 0 aromatic heterocycles. The summed E-state index contributed by atoms with van der Waals surface area (Å²) in [7, 11) is 1.43. The van der Waals surface area contributed by atoms with Gasteiger partial charge in [-0.15, -0.1) is 6.58 Å². The monoisotopic (exact) mass is 513 g/mol.